The molecule has 0 spiro atoms. The van der Waals surface area contributed by atoms with Gasteiger partial charge in [-0.05, 0) is 55.1 Å². The van der Waals surface area contributed by atoms with Gasteiger partial charge in [0, 0.05) is 36.2 Å². The number of fused-ring (bicyclic) bond motifs is 3. The number of phenols is 1. The first kappa shape index (κ1) is 23.4. The molecular weight excluding hydrogens is 456 g/mol. The van der Waals surface area contributed by atoms with Crippen molar-refractivity contribution in [1.82, 2.24) is 20.4 Å². The number of phenolic OH excluding ortho intramolecular Hbond substituents is 1. The standard InChI is InChI=1S/C28H28N4O4/c1-32(2)13-12-29-28(34)36-25-16-22-20(15-24(25)35-3)14-23-26(30-31-27(22)23)19-6-4-17(5-7-19)18-8-10-21(33)11-9-18/h4-11,15-16,33H,12-14H2,1-3H3,(H,29,34)(H,30,31). The lowest BCUT2D eigenvalue weighted by Crippen LogP contribution is -2.33. The number of aromatic nitrogens is 2. The molecule has 1 amide bonds. The van der Waals surface area contributed by atoms with Gasteiger partial charge in [-0.15, -0.1) is 0 Å². The number of nitrogens with one attached hydrogen (secondary N) is 2. The van der Waals surface area contributed by atoms with Crippen molar-refractivity contribution in [1.29, 1.82) is 0 Å². The molecule has 5 rings (SSSR count). The molecule has 1 heterocycles. The Bertz CT molecular complexity index is 1390. The average molecular weight is 485 g/mol. The zero-order valence-corrected chi connectivity index (χ0v) is 20.5. The van der Waals surface area contributed by atoms with Crippen LogP contribution in [0.25, 0.3) is 33.6 Å². The van der Waals surface area contributed by atoms with Crippen LogP contribution in [0.1, 0.15) is 11.1 Å². The lowest BCUT2D eigenvalue weighted by Gasteiger charge is -2.13. The van der Waals surface area contributed by atoms with Gasteiger partial charge in [0.25, 0.3) is 0 Å². The zero-order chi connectivity index (χ0) is 25.2. The van der Waals surface area contributed by atoms with E-state index in [1.54, 1.807) is 19.2 Å². The first-order chi connectivity index (χ1) is 17.4. The fourth-order valence-electron chi connectivity index (χ4n) is 4.40. The van der Waals surface area contributed by atoms with E-state index in [0.29, 0.717) is 31.0 Å². The van der Waals surface area contributed by atoms with E-state index in [4.69, 9.17) is 9.47 Å². The predicted molar refractivity (Wildman–Crippen MR) is 138 cm³/mol. The Kier molecular flexibility index (Phi) is 6.35. The highest BCUT2D eigenvalue weighted by Crippen LogP contribution is 2.45. The van der Waals surface area contributed by atoms with Gasteiger partial charge < -0.3 is 24.8 Å². The normalized spacial score (nSPS) is 11.8. The van der Waals surface area contributed by atoms with Gasteiger partial charge in [-0.25, -0.2) is 4.79 Å². The van der Waals surface area contributed by atoms with Crippen LogP contribution >= 0.6 is 0 Å². The van der Waals surface area contributed by atoms with Crippen molar-refractivity contribution in [3.8, 4) is 50.9 Å². The Morgan fingerprint density at radius 2 is 1.69 bits per heavy atom. The van der Waals surface area contributed by atoms with Crippen molar-refractivity contribution in [2.45, 2.75) is 6.42 Å². The highest BCUT2D eigenvalue weighted by Gasteiger charge is 2.28. The van der Waals surface area contributed by atoms with E-state index in [2.05, 4.69) is 39.8 Å². The molecule has 184 valence electrons. The summed E-state index contributed by atoms with van der Waals surface area (Å²) in [5.74, 6) is 1.12. The highest BCUT2D eigenvalue weighted by molar-refractivity contribution is 5.84. The second kappa shape index (κ2) is 9.75. The molecule has 0 saturated carbocycles. The van der Waals surface area contributed by atoms with E-state index >= 15 is 0 Å². The zero-order valence-electron chi connectivity index (χ0n) is 20.5. The molecule has 0 atom stereocenters. The molecule has 0 radical (unpaired) electrons. The summed E-state index contributed by atoms with van der Waals surface area (Å²) in [5, 5.41) is 20.1. The number of methoxy groups -OCH3 is 1. The Morgan fingerprint density at radius 3 is 2.36 bits per heavy atom. The molecule has 1 aliphatic carbocycles. The summed E-state index contributed by atoms with van der Waals surface area (Å²) in [4.78, 5) is 14.3. The molecule has 0 unspecified atom stereocenters. The van der Waals surface area contributed by atoms with Gasteiger partial charge >= 0.3 is 6.09 Å². The maximum Gasteiger partial charge on any atom is 0.412 e. The van der Waals surface area contributed by atoms with Crippen molar-refractivity contribution in [3.05, 3.63) is 71.8 Å². The van der Waals surface area contributed by atoms with Crippen LogP contribution in [-0.2, 0) is 6.42 Å². The summed E-state index contributed by atoms with van der Waals surface area (Å²) in [7, 11) is 5.45. The molecule has 1 aliphatic rings. The number of carbonyl (C=O) groups is 1. The third kappa shape index (κ3) is 4.63. The van der Waals surface area contributed by atoms with Gasteiger partial charge in [-0.2, -0.15) is 5.10 Å². The number of benzene rings is 3. The van der Waals surface area contributed by atoms with Gasteiger partial charge in [-0.3, -0.25) is 5.10 Å². The maximum absolute atomic E-state index is 12.3. The molecule has 0 saturated heterocycles. The maximum atomic E-state index is 12.3. The van der Waals surface area contributed by atoms with E-state index in [-0.39, 0.29) is 5.75 Å². The van der Waals surface area contributed by atoms with Crippen molar-refractivity contribution in [3.63, 3.8) is 0 Å². The lowest BCUT2D eigenvalue weighted by molar-refractivity contribution is 0.197. The van der Waals surface area contributed by atoms with E-state index in [1.807, 2.05) is 43.3 Å². The number of aromatic amines is 1. The van der Waals surface area contributed by atoms with Crippen LogP contribution in [-0.4, -0.2) is 60.6 Å². The van der Waals surface area contributed by atoms with Gasteiger partial charge in [0.2, 0.25) is 0 Å². The number of H-pyrrole nitrogens is 1. The van der Waals surface area contributed by atoms with Crippen LogP contribution in [0.2, 0.25) is 0 Å². The quantitative estimate of drug-likeness (QED) is 0.310. The molecule has 8 nitrogen and oxygen atoms in total. The predicted octanol–water partition coefficient (Wildman–Crippen LogP) is 4.68. The molecule has 0 aliphatic heterocycles. The Morgan fingerprint density at radius 1 is 1.03 bits per heavy atom. The summed E-state index contributed by atoms with van der Waals surface area (Å²) < 4.78 is 11.1. The molecule has 1 aromatic heterocycles. The molecule has 3 N–H and O–H groups in total. The molecule has 4 aromatic rings. The topological polar surface area (TPSA) is 99.7 Å². The number of likely N-dealkylation sites (N-methyl/N-ethyl adjacent to an activating group) is 1. The minimum Gasteiger partial charge on any atom is -0.508 e. The molecule has 0 fully saturated rings. The number of nitrogens with zero attached hydrogens (tertiary/aromatic N) is 2. The molecule has 3 aromatic carbocycles. The monoisotopic (exact) mass is 484 g/mol. The highest BCUT2D eigenvalue weighted by atomic mass is 16.6. The Hall–Kier alpha value is -4.30. The Labute approximate surface area is 209 Å². The van der Waals surface area contributed by atoms with Gasteiger partial charge in [-0.1, -0.05) is 36.4 Å². The summed E-state index contributed by atoms with van der Waals surface area (Å²) in [5.41, 5.74) is 8.03. The first-order valence-electron chi connectivity index (χ1n) is 11.7. The number of ether oxygens (including phenoxy) is 2. The fraction of sp³-hybridized carbons (Fsp3) is 0.214. The van der Waals surface area contributed by atoms with Crippen LogP contribution < -0.4 is 14.8 Å². The van der Waals surface area contributed by atoms with Gasteiger partial charge in [0.1, 0.15) is 5.75 Å². The SMILES string of the molecule is COc1cc2c(cc1OC(=O)NCCN(C)C)-c1[nH]nc(-c3ccc(-c4ccc(O)cc4)cc3)c1C2. The molecule has 36 heavy (non-hydrogen) atoms. The third-order valence-electron chi connectivity index (χ3n) is 6.28. The van der Waals surface area contributed by atoms with Crippen molar-refractivity contribution >= 4 is 6.09 Å². The van der Waals surface area contributed by atoms with E-state index in [0.717, 1.165) is 44.8 Å². The second-order valence-electron chi connectivity index (χ2n) is 9.01. The fourth-order valence-corrected chi connectivity index (χ4v) is 4.40. The smallest absolute Gasteiger partial charge is 0.412 e. The third-order valence-corrected chi connectivity index (χ3v) is 6.28. The van der Waals surface area contributed by atoms with E-state index in [9.17, 15) is 9.90 Å². The molecule has 0 bridgehead atoms. The summed E-state index contributed by atoms with van der Waals surface area (Å²) in [6.07, 6.45) is 0.175. The van der Waals surface area contributed by atoms with E-state index in [1.165, 1.54) is 0 Å². The number of hydrogen-bond acceptors (Lipinski definition) is 6. The number of amides is 1. The van der Waals surface area contributed by atoms with Gasteiger partial charge in [0.15, 0.2) is 11.5 Å². The van der Waals surface area contributed by atoms with E-state index < -0.39 is 6.09 Å². The summed E-state index contributed by atoms with van der Waals surface area (Å²) >= 11 is 0. The minimum absolute atomic E-state index is 0.247. The second-order valence-corrected chi connectivity index (χ2v) is 9.01. The number of hydrogen-bond donors (Lipinski definition) is 3. The van der Waals surface area contributed by atoms with Crippen LogP contribution in [0.5, 0.6) is 17.2 Å². The van der Waals surface area contributed by atoms with Crippen LogP contribution in [0, 0.1) is 0 Å². The average Bonchev–Trinajstić information content (AvgIpc) is 3.43. The molecule has 8 heteroatoms. The van der Waals surface area contributed by atoms with Crippen LogP contribution in [0.15, 0.2) is 60.7 Å². The summed E-state index contributed by atoms with van der Waals surface area (Å²) in [6, 6.07) is 19.1. The number of carbonyl (C=O) groups excluding carboxylic acids is 1. The largest absolute Gasteiger partial charge is 0.508 e. The lowest BCUT2D eigenvalue weighted by atomic mass is 10.0. The van der Waals surface area contributed by atoms with Crippen molar-refractivity contribution in [2.75, 3.05) is 34.3 Å². The number of aromatic hydroxyl groups is 1. The van der Waals surface area contributed by atoms with Crippen LogP contribution in [0.4, 0.5) is 4.79 Å². The Balaban J connectivity index is 1.38. The number of rotatable bonds is 7. The minimum atomic E-state index is -0.521. The summed E-state index contributed by atoms with van der Waals surface area (Å²) in [6.45, 7) is 1.20. The van der Waals surface area contributed by atoms with Crippen LogP contribution in [0.3, 0.4) is 0 Å². The molecular formula is C28H28N4O4. The van der Waals surface area contributed by atoms with Gasteiger partial charge in [0.05, 0.1) is 18.5 Å². The van der Waals surface area contributed by atoms with Crippen molar-refractivity contribution < 1.29 is 19.4 Å². The van der Waals surface area contributed by atoms with Crippen molar-refractivity contribution in [2.24, 2.45) is 0 Å². The first-order valence-corrected chi connectivity index (χ1v) is 11.7.